The van der Waals surface area contributed by atoms with Gasteiger partial charge in [0, 0.05) is 25.7 Å². The van der Waals surface area contributed by atoms with Crippen LogP contribution in [-0.4, -0.2) is 96.7 Å². The third-order valence-electron chi connectivity index (χ3n) is 16.0. The lowest BCUT2D eigenvalue weighted by atomic mass is 10.1. The maximum atomic E-state index is 13.1. The topological polar surface area (TPSA) is 237 Å². The number of carbonyl (C=O) groups is 4. The molecule has 0 aliphatic rings. The van der Waals surface area contributed by atoms with Crippen LogP contribution in [0.25, 0.3) is 0 Å². The van der Waals surface area contributed by atoms with Crippen LogP contribution in [0.2, 0.25) is 0 Å². The van der Waals surface area contributed by atoms with Crippen LogP contribution in [0.5, 0.6) is 0 Å². The first-order valence-corrected chi connectivity index (χ1v) is 42.7. The van der Waals surface area contributed by atoms with E-state index in [1.54, 1.807) is 0 Å². The molecule has 17 nitrogen and oxygen atoms in total. The first-order valence-electron chi connectivity index (χ1n) is 39.7. The van der Waals surface area contributed by atoms with E-state index in [0.29, 0.717) is 25.7 Å². The molecule has 0 radical (unpaired) electrons. The van der Waals surface area contributed by atoms with Crippen molar-refractivity contribution in [1.29, 1.82) is 0 Å². The van der Waals surface area contributed by atoms with E-state index in [2.05, 4.69) is 186 Å². The zero-order valence-corrected chi connectivity index (χ0v) is 66.4. The third-order valence-corrected chi connectivity index (χ3v) is 17.9. The van der Waals surface area contributed by atoms with Gasteiger partial charge >= 0.3 is 39.5 Å². The van der Waals surface area contributed by atoms with E-state index in [0.717, 1.165) is 193 Å². The van der Waals surface area contributed by atoms with Gasteiger partial charge in [0.15, 0.2) is 12.2 Å². The molecule has 0 bridgehead atoms. The Morgan fingerprint density at radius 1 is 0.279 bits per heavy atom. The highest BCUT2D eigenvalue weighted by Gasteiger charge is 2.30. The van der Waals surface area contributed by atoms with Gasteiger partial charge in [0.1, 0.15) is 19.3 Å². The highest BCUT2D eigenvalue weighted by atomic mass is 31.2. The Morgan fingerprint density at radius 3 is 0.779 bits per heavy atom. The smallest absolute Gasteiger partial charge is 0.462 e. The van der Waals surface area contributed by atoms with E-state index < -0.39 is 97.5 Å². The van der Waals surface area contributed by atoms with Gasteiger partial charge in [-0.25, -0.2) is 9.13 Å². The zero-order valence-electron chi connectivity index (χ0n) is 64.6. The van der Waals surface area contributed by atoms with Gasteiger partial charge in [-0.3, -0.25) is 37.3 Å². The minimum atomic E-state index is -5.00. The minimum absolute atomic E-state index is 0.0554. The summed E-state index contributed by atoms with van der Waals surface area (Å²) in [5.41, 5.74) is 0. The second kappa shape index (κ2) is 75.9. The molecule has 0 saturated heterocycles. The summed E-state index contributed by atoms with van der Waals surface area (Å²) in [5, 5.41) is 10.6. The van der Waals surface area contributed by atoms with Crippen LogP contribution < -0.4 is 0 Å². The van der Waals surface area contributed by atoms with E-state index in [-0.39, 0.29) is 25.7 Å². The van der Waals surface area contributed by atoms with Gasteiger partial charge in [-0.2, -0.15) is 0 Å². The number of allylic oxidation sites excluding steroid dienone is 26. The number of phosphoric ester groups is 2. The molecule has 5 unspecified atom stereocenters. The lowest BCUT2D eigenvalue weighted by Gasteiger charge is -2.21. The first kappa shape index (κ1) is 98.7. The van der Waals surface area contributed by atoms with E-state index in [1.807, 2.05) is 0 Å². The van der Waals surface area contributed by atoms with Crippen LogP contribution in [0.1, 0.15) is 297 Å². The van der Waals surface area contributed by atoms with Crippen molar-refractivity contribution in [2.24, 2.45) is 0 Å². The van der Waals surface area contributed by atoms with Gasteiger partial charge in [-0.15, -0.1) is 0 Å². The molecular weight excluding hydrogens is 1350 g/mol. The van der Waals surface area contributed by atoms with Crippen molar-refractivity contribution in [1.82, 2.24) is 0 Å². The minimum Gasteiger partial charge on any atom is -0.462 e. The summed E-state index contributed by atoms with van der Waals surface area (Å²) in [6, 6.07) is 0. The third kappa shape index (κ3) is 74.9. The van der Waals surface area contributed by atoms with Crippen molar-refractivity contribution in [3.8, 4) is 0 Å². The zero-order chi connectivity index (χ0) is 76.0. The van der Waals surface area contributed by atoms with E-state index in [9.17, 15) is 43.2 Å². The molecule has 0 aromatic carbocycles. The normalized spacial score (nSPS) is 14.7. The summed E-state index contributed by atoms with van der Waals surface area (Å²) in [7, 11) is -9.99. The summed E-state index contributed by atoms with van der Waals surface area (Å²) < 4.78 is 68.6. The molecule has 5 atom stereocenters. The number of aliphatic hydroxyl groups is 1. The fraction of sp³-hybridized carbons (Fsp3) is 0.647. The molecule has 0 saturated carbocycles. The second-order valence-corrected chi connectivity index (χ2v) is 28.8. The highest BCUT2D eigenvalue weighted by Crippen LogP contribution is 2.45. The van der Waals surface area contributed by atoms with Crippen LogP contribution in [0.4, 0.5) is 0 Å². The van der Waals surface area contributed by atoms with E-state index in [4.69, 9.17) is 37.0 Å². The molecular formula is C85H140O17P2. The molecule has 19 heteroatoms. The Bertz CT molecular complexity index is 2590. The lowest BCUT2D eigenvalue weighted by Crippen LogP contribution is -2.30. The maximum absolute atomic E-state index is 13.1. The van der Waals surface area contributed by atoms with Gasteiger partial charge in [0.05, 0.1) is 26.4 Å². The van der Waals surface area contributed by atoms with Gasteiger partial charge in [0.25, 0.3) is 0 Å². The van der Waals surface area contributed by atoms with Gasteiger partial charge in [-0.05, 0) is 167 Å². The summed E-state index contributed by atoms with van der Waals surface area (Å²) in [6.07, 6.45) is 87.9. The Morgan fingerprint density at radius 2 is 0.500 bits per heavy atom. The Balaban J connectivity index is 5.44. The second-order valence-electron chi connectivity index (χ2n) is 25.9. The molecule has 0 aliphatic carbocycles. The number of hydrogen-bond donors (Lipinski definition) is 3. The molecule has 0 aliphatic heterocycles. The predicted octanol–water partition coefficient (Wildman–Crippen LogP) is 23.2. The number of phosphoric acid groups is 2. The average molecular weight is 1500 g/mol. The molecule has 0 heterocycles. The number of carbonyl (C=O) groups excluding carboxylic acids is 4. The average Bonchev–Trinajstić information content (AvgIpc) is 0.910. The van der Waals surface area contributed by atoms with Crippen LogP contribution in [0.3, 0.4) is 0 Å². The number of esters is 4. The van der Waals surface area contributed by atoms with Crippen molar-refractivity contribution in [2.45, 2.75) is 316 Å². The van der Waals surface area contributed by atoms with Crippen LogP contribution in [0.15, 0.2) is 158 Å². The van der Waals surface area contributed by atoms with Crippen LogP contribution in [-0.2, 0) is 65.4 Å². The van der Waals surface area contributed by atoms with Gasteiger partial charge in [0.2, 0.25) is 0 Å². The quantitative estimate of drug-likeness (QED) is 0.0169. The molecule has 3 N–H and O–H groups in total. The van der Waals surface area contributed by atoms with Gasteiger partial charge in [-0.1, -0.05) is 263 Å². The molecule has 0 aromatic heterocycles. The molecule has 0 fully saturated rings. The maximum Gasteiger partial charge on any atom is 0.472 e. The first-order chi connectivity index (χ1) is 50.7. The number of rotatable bonds is 73. The number of ether oxygens (including phenoxy) is 4. The van der Waals surface area contributed by atoms with Gasteiger partial charge < -0.3 is 33.8 Å². The van der Waals surface area contributed by atoms with Crippen molar-refractivity contribution in [3.05, 3.63) is 158 Å². The van der Waals surface area contributed by atoms with Crippen molar-refractivity contribution < 1.29 is 80.2 Å². The molecule has 0 rings (SSSR count). The lowest BCUT2D eigenvalue weighted by molar-refractivity contribution is -0.161. The number of unbranched alkanes of at least 4 members (excludes halogenated alkanes) is 21. The largest absolute Gasteiger partial charge is 0.472 e. The Hall–Kier alpha value is -5.32. The standard InChI is InChI=1S/C85H140O17P2/c1-5-9-13-17-21-25-29-33-36-39-42-46-49-53-57-61-65-69-82(87)95-75-80(101-84(89)71-67-63-59-55-51-45-32-28-24-20-16-12-8-4)77-99-103(91,92)97-73-79(86)74-98-104(93,94)100-78-81(102-85(90)72-68-64-60-56-52-48-44-41-38-35-31-27-23-19-15-11-7-3)76-96-83(88)70-66-62-58-54-50-47-43-40-37-34-30-26-22-18-14-10-6-2/h9-11,13-15,21-23,25-28,32-38,42-44,46-48,79-81,86H,5-8,12,16-20,24,29-31,39-41,45,49-78H2,1-4H3,(H,91,92)(H,93,94)/b13-9-,14-10-,15-11-,25-21-,26-22-,27-23-,32-28-,36-33-,37-34-,38-35-,46-42-,47-43-,48-44-. The summed E-state index contributed by atoms with van der Waals surface area (Å²) >= 11 is 0. The molecule has 592 valence electrons. The molecule has 104 heavy (non-hydrogen) atoms. The van der Waals surface area contributed by atoms with Crippen LogP contribution in [0, 0.1) is 0 Å². The van der Waals surface area contributed by atoms with Crippen molar-refractivity contribution >= 4 is 39.5 Å². The van der Waals surface area contributed by atoms with E-state index >= 15 is 0 Å². The number of aliphatic hydroxyl groups excluding tert-OH is 1. The fourth-order valence-corrected chi connectivity index (χ4v) is 11.6. The fourth-order valence-electron chi connectivity index (χ4n) is 10.0. The molecule has 0 amide bonds. The van der Waals surface area contributed by atoms with Crippen molar-refractivity contribution in [2.75, 3.05) is 39.6 Å². The summed E-state index contributed by atoms with van der Waals surface area (Å²) in [6.45, 7) is 4.42. The molecule has 0 aromatic rings. The highest BCUT2D eigenvalue weighted by molar-refractivity contribution is 7.47. The predicted molar refractivity (Wildman–Crippen MR) is 427 cm³/mol. The summed E-state index contributed by atoms with van der Waals surface area (Å²) in [5.74, 6) is -2.27. The monoisotopic (exact) mass is 1490 g/mol. The van der Waals surface area contributed by atoms with Crippen molar-refractivity contribution in [3.63, 3.8) is 0 Å². The SMILES string of the molecule is CC/C=C\C/C=C\C/C=C\C/C=C\CCCCCCC(=O)OCC(COP(=O)(O)OCC(O)COP(=O)(O)OCC(COC(=O)CCCCCC/C=C\C/C=C\C/C=C\C/C=C\CC)OC(=O)CCCCCCC/C=C\CCCCCC)OC(=O)CCCCCC/C=C\C/C=C\C/C=C\C/C=C\CC. The Kier molecular flexibility index (Phi) is 72.0. The summed E-state index contributed by atoms with van der Waals surface area (Å²) in [4.78, 5) is 73.0. The number of hydrogen-bond acceptors (Lipinski definition) is 15. The Labute approximate surface area is 629 Å². The van der Waals surface area contributed by atoms with Crippen LogP contribution >= 0.6 is 15.6 Å². The van der Waals surface area contributed by atoms with E-state index in [1.165, 1.54) is 25.7 Å². The molecule has 0 spiro atoms.